The molecule has 1 heterocycles. The quantitative estimate of drug-likeness (QED) is 0.793. The molecule has 0 aliphatic rings. The van der Waals surface area contributed by atoms with Gasteiger partial charge in [0.2, 0.25) is 0 Å². The van der Waals surface area contributed by atoms with Gasteiger partial charge in [-0.15, -0.1) is 0 Å². The van der Waals surface area contributed by atoms with Crippen molar-refractivity contribution in [2.24, 2.45) is 0 Å². The second-order valence-electron chi connectivity index (χ2n) is 4.51. The van der Waals surface area contributed by atoms with E-state index < -0.39 is 0 Å². The Morgan fingerprint density at radius 2 is 2.05 bits per heavy atom. The number of benzene rings is 1. The minimum Gasteiger partial charge on any atom is -0.354 e. The SMILES string of the molecule is CCn1ccc(CNCCc2ccc(Cl)cc2Cl)c1. The molecule has 0 aliphatic heterocycles. The summed E-state index contributed by atoms with van der Waals surface area (Å²) in [5, 5.41) is 4.85. The topological polar surface area (TPSA) is 17.0 Å². The zero-order valence-corrected chi connectivity index (χ0v) is 12.5. The number of rotatable bonds is 6. The third kappa shape index (κ3) is 4.27. The number of nitrogens with one attached hydrogen (secondary N) is 1. The number of aryl methyl sites for hydroxylation is 1. The smallest absolute Gasteiger partial charge is 0.0453 e. The Morgan fingerprint density at radius 3 is 2.74 bits per heavy atom. The minimum absolute atomic E-state index is 0.683. The molecule has 1 aromatic heterocycles. The summed E-state index contributed by atoms with van der Waals surface area (Å²) >= 11 is 12.0. The molecule has 0 fully saturated rings. The molecule has 4 heteroatoms. The van der Waals surface area contributed by atoms with Crippen molar-refractivity contribution in [3.8, 4) is 0 Å². The monoisotopic (exact) mass is 296 g/mol. The van der Waals surface area contributed by atoms with Crippen LogP contribution in [0.1, 0.15) is 18.1 Å². The highest BCUT2D eigenvalue weighted by atomic mass is 35.5. The lowest BCUT2D eigenvalue weighted by molar-refractivity contribution is 0.683. The van der Waals surface area contributed by atoms with Gasteiger partial charge >= 0.3 is 0 Å². The summed E-state index contributed by atoms with van der Waals surface area (Å²) in [6, 6.07) is 7.80. The average molecular weight is 297 g/mol. The standard InChI is InChI=1S/C15H18Cl2N2/c1-2-19-8-6-12(11-19)10-18-7-5-13-3-4-14(16)9-15(13)17/h3-4,6,8-9,11,18H,2,5,7,10H2,1H3. The highest BCUT2D eigenvalue weighted by Crippen LogP contribution is 2.21. The molecule has 0 amide bonds. The van der Waals surface area contributed by atoms with Crippen molar-refractivity contribution in [2.45, 2.75) is 26.4 Å². The Hall–Kier alpha value is -0.960. The third-order valence-electron chi connectivity index (χ3n) is 3.09. The van der Waals surface area contributed by atoms with E-state index in [4.69, 9.17) is 23.2 Å². The van der Waals surface area contributed by atoms with Crippen LogP contribution in [-0.4, -0.2) is 11.1 Å². The number of halogens is 2. The highest BCUT2D eigenvalue weighted by molar-refractivity contribution is 6.35. The van der Waals surface area contributed by atoms with E-state index in [2.05, 4.69) is 35.3 Å². The largest absolute Gasteiger partial charge is 0.354 e. The van der Waals surface area contributed by atoms with Gasteiger partial charge in [0, 0.05) is 35.5 Å². The molecule has 0 aliphatic carbocycles. The molecule has 0 saturated heterocycles. The first kappa shape index (κ1) is 14.4. The lowest BCUT2D eigenvalue weighted by atomic mass is 10.1. The molecule has 2 rings (SSSR count). The molecule has 19 heavy (non-hydrogen) atoms. The summed E-state index contributed by atoms with van der Waals surface area (Å²) in [6.45, 7) is 4.94. The molecular formula is C15H18Cl2N2. The van der Waals surface area contributed by atoms with Crippen LogP contribution in [0.5, 0.6) is 0 Å². The van der Waals surface area contributed by atoms with E-state index >= 15 is 0 Å². The summed E-state index contributed by atoms with van der Waals surface area (Å²) < 4.78 is 2.17. The maximum Gasteiger partial charge on any atom is 0.0453 e. The van der Waals surface area contributed by atoms with Crippen molar-refractivity contribution in [3.05, 3.63) is 57.8 Å². The van der Waals surface area contributed by atoms with E-state index in [1.165, 1.54) is 5.56 Å². The first-order valence-corrected chi connectivity index (χ1v) is 7.24. The molecule has 2 nitrogen and oxygen atoms in total. The molecule has 1 N–H and O–H groups in total. The predicted octanol–water partition coefficient (Wildman–Crippen LogP) is 4.15. The fourth-order valence-electron chi connectivity index (χ4n) is 1.97. The van der Waals surface area contributed by atoms with Crippen molar-refractivity contribution in [2.75, 3.05) is 6.54 Å². The van der Waals surface area contributed by atoms with E-state index in [1.807, 2.05) is 12.1 Å². The number of nitrogens with zero attached hydrogens (tertiary/aromatic N) is 1. The average Bonchev–Trinajstić information content (AvgIpc) is 2.84. The first-order valence-electron chi connectivity index (χ1n) is 6.48. The van der Waals surface area contributed by atoms with Crippen LogP contribution in [0.3, 0.4) is 0 Å². The second kappa shape index (κ2) is 6.99. The van der Waals surface area contributed by atoms with Gasteiger partial charge in [-0.25, -0.2) is 0 Å². The van der Waals surface area contributed by atoms with E-state index in [0.717, 1.165) is 36.6 Å². The van der Waals surface area contributed by atoms with Gasteiger partial charge in [-0.1, -0.05) is 29.3 Å². The van der Waals surface area contributed by atoms with E-state index in [-0.39, 0.29) is 0 Å². The van der Waals surface area contributed by atoms with Gasteiger partial charge in [0.25, 0.3) is 0 Å². The van der Waals surface area contributed by atoms with Crippen LogP contribution in [-0.2, 0) is 19.5 Å². The van der Waals surface area contributed by atoms with Gasteiger partial charge in [-0.2, -0.15) is 0 Å². The van der Waals surface area contributed by atoms with Crippen LogP contribution in [0, 0.1) is 0 Å². The van der Waals surface area contributed by atoms with Gasteiger partial charge in [-0.3, -0.25) is 0 Å². The van der Waals surface area contributed by atoms with Gasteiger partial charge in [0.05, 0.1) is 0 Å². The summed E-state index contributed by atoms with van der Waals surface area (Å²) in [6.07, 6.45) is 5.18. The number of hydrogen-bond acceptors (Lipinski definition) is 1. The van der Waals surface area contributed by atoms with E-state index in [9.17, 15) is 0 Å². The Bertz CT molecular complexity index is 535. The maximum absolute atomic E-state index is 6.13. The van der Waals surface area contributed by atoms with Crippen molar-refractivity contribution in [1.29, 1.82) is 0 Å². The molecule has 0 radical (unpaired) electrons. The minimum atomic E-state index is 0.683. The second-order valence-corrected chi connectivity index (χ2v) is 5.36. The fourth-order valence-corrected chi connectivity index (χ4v) is 2.47. The van der Waals surface area contributed by atoms with Crippen LogP contribution in [0.4, 0.5) is 0 Å². The van der Waals surface area contributed by atoms with Crippen LogP contribution >= 0.6 is 23.2 Å². The molecule has 0 unspecified atom stereocenters. The summed E-state index contributed by atoms with van der Waals surface area (Å²) in [4.78, 5) is 0. The van der Waals surface area contributed by atoms with Gasteiger partial charge in [0.15, 0.2) is 0 Å². The van der Waals surface area contributed by atoms with Crippen molar-refractivity contribution in [3.63, 3.8) is 0 Å². The predicted molar refractivity (Wildman–Crippen MR) is 82.0 cm³/mol. The fraction of sp³-hybridized carbons (Fsp3) is 0.333. The molecule has 0 bridgehead atoms. The molecule has 0 spiro atoms. The molecule has 2 aromatic rings. The molecular weight excluding hydrogens is 279 g/mol. The van der Waals surface area contributed by atoms with Crippen LogP contribution in [0.2, 0.25) is 10.0 Å². The molecule has 1 aromatic carbocycles. The Labute approximate surface area is 124 Å². The van der Waals surface area contributed by atoms with E-state index in [1.54, 1.807) is 6.07 Å². The molecule has 102 valence electrons. The van der Waals surface area contributed by atoms with Crippen LogP contribution in [0.15, 0.2) is 36.7 Å². The highest BCUT2D eigenvalue weighted by Gasteiger charge is 2.01. The van der Waals surface area contributed by atoms with Crippen LogP contribution < -0.4 is 5.32 Å². The Kier molecular flexibility index (Phi) is 5.32. The normalized spacial score (nSPS) is 10.9. The van der Waals surface area contributed by atoms with Crippen molar-refractivity contribution in [1.82, 2.24) is 9.88 Å². The Morgan fingerprint density at radius 1 is 1.21 bits per heavy atom. The molecule has 0 saturated carbocycles. The van der Waals surface area contributed by atoms with Crippen molar-refractivity contribution < 1.29 is 0 Å². The zero-order valence-electron chi connectivity index (χ0n) is 11.0. The number of aromatic nitrogens is 1. The third-order valence-corrected chi connectivity index (χ3v) is 3.68. The van der Waals surface area contributed by atoms with Crippen molar-refractivity contribution >= 4 is 23.2 Å². The maximum atomic E-state index is 6.13. The van der Waals surface area contributed by atoms with Crippen LogP contribution in [0.25, 0.3) is 0 Å². The lowest BCUT2D eigenvalue weighted by Crippen LogP contribution is -2.16. The number of hydrogen-bond donors (Lipinski definition) is 1. The van der Waals surface area contributed by atoms with E-state index in [0.29, 0.717) is 5.02 Å². The zero-order chi connectivity index (χ0) is 13.7. The molecule has 0 atom stereocenters. The van der Waals surface area contributed by atoms with Gasteiger partial charge in [-0.05, 0) is 49.2 Å². The summed E-state index contributed by atoms with van der Waals surface area (Å²) in [5.41, 5.74) is 2.44. The van der Waals surface area contributed by atoms with Gasteiger partial charge in [0.1, 0.15) is 0 Å². The Balaban J connectivity index is 1.77. The summed E-state index contributed by atoms with van der Waals surface area (Å²) in [7, 11) is 0. The lowest BCUT2D eigenvalue weighted by Gasteiger charge is -2.06. The first-order chi connectivity index (χ1) is 9.19. The summed E-state index contributed by atoms with van der Waals surface area (Å²) in [5.74, 6) is 0. The van der Waals surface area contributed by atoms with Gasteiger partial charge < -0.3 is 9.88 Å².